The summed E-state index contributed by atoms with van der Waals surface area (Å²) >= 11 is 5.88. The van der Waals surface area contributed by atoms with Gasteiger partial charge in [0.05, 0.1) is 11.2 Å². The maximum absolute atomic E-state index is 14.1. The molecule has 1 fully saturated rings. The second-order valence-electron chi connectivity index (χ2n) is 7.73. The van der Waals surface area contributed by atoms with Gasteiger partial charge in [-0.3, -0.25) is 4.79 Å². The van der Waals surface area contributed by atoms with Gasteiger partial charge in [-0.2, -0.15) is 4.98 Å². The van der Waals surface area contributed by atoms with Gasteiger partial charge >= 0.3 is 0 Å². The van der Waals surface area contributed by atoms with Crippen molar-refractivity contribution >= 4 is 23.3 Å². The van der Waals surface area contributed by atoms with Gasteiger partial charge in [0.15, 0.2) is 0 Å². The van der Waals surface area contributed by atoms with E-state index in [1.165, 1.54) is 6.20 Å². The van der Waals surface area contributed by atoms with Crippen LogP contribution in [0.2, 0.25) is 5.02 Å². The zero-order chi connectivity index (χ0) is 23.5. The number of carbonyl (C=O) groups excluding carboxylic acids is 1. The van der Waals surface area contributed by atoms with Gasteiger partial charge in [0.25, 0.3) is 5.91 Å². The molecular weight excluding hydrogens is 452 g/mol. The first-order valence-corrected chi connectivity index (χ1v) is 10.7. The molecule has 1 aromatic heterocycles. The molecule has 172 valence electrons. The molecule has 0 atom stereocenters. The van der Waals surface area contributed by atoms with Crippen LogP contribution in [0.25, 0.3) is 11.3 Å². The minimum absolute atomic E-state index is 0.0351. The van der Waals surface area contributed by atoms with Crippen molar-refractivity contribution in [2.24, 2.45) is 0 Å². The number of hydrogen-bond donors (Lipinski definition) is 1. The number of carbonyl (C=O) groups is 1. The Kier molecular flexibility index (Phi) is 6.71. The van der Waals surface area contributed by atoms with Gasteiger partial charge in [-0.1, -0.05) is 23.7 Å². The van der Waals surface area contributed by atoms with Gasteiger partial charge in [0.1, 0.15) is 29.8 Å². The summed E-state index contributed by atoms with van der Waals surface area (Å²) in [5.74, 6) is -1.36. The zero-order valence-corrected chi connectivity index (χ0v) is 18.6. The van der Waals surface area contributed by atoms with Gasteiger partial charge in [-0.15, -0.1) is 0 Å². The Morgan fingerprint density at radius 1 is 1.09 bits per heavy atom. The van der Waals surface area contributed by atoms with E-state index < -0.39 is 11.6 Å². The Labute approximate surface area is 194 Å². The predicted octanol–water partition coefficient (Wildman–Crippen LogP) is 3.62. The van der Waals surface area contributed by atoms with Crippen LogP contribution in [0.15, 0.2) is 42.6 Å². The molecule has 2 heterocycles. The van der Waals surface area contributed by atoms with E-state index in [2.05, 4.69) is 14.9 Å². The number of likely N-dealkylation sites (N-methyl/N-ethyl adjacent to an activating group) is 1. The molecule has 1 aliphatic heterocycles. The lowest BCUT2D eigenvalue weighted by atomic mass is 10.1. The number of nitrogen functional groups attached to an aromatic ring is 1. The van der Waals surface area contributed by atoms with E-state index >= 15 is 0 Å². The number of piperazine rings is 1. The summed E-state index contributed by atoms with van der Waals surface area (Å²) in [6.07, 6.45) is 1.36. The highest BCUT2D eigenvalue weighted by Gasteiger charge is 2.21. The topological polar surface area (TPSA) is 84.6 Å². The minimum atomic E-state index is -0.754. The van der Waals surface area contributed by atoms with Crippen LogP contribution in [0.1, 0.15) is 15.9 Å². The van der Waals surface area contributed by atoms with Crippen LogP contribution in [-0.4, -0.2) is 58.9 Å². The van der Waals surface area contributed by atoms with Crippen LogP contribution in [0, 0.1) is 11.6 Å². The normalized spacial score (nSPS) is 14.4. The predicted molar refractivity (Wildman–Crippen MR) is 121 cm³/mol. The number of amides is 1. The van der Waals surface area contributed by atoms with Crippen molar-refractivity contribution in [3.05, 3.63) is 70.4 Å². The van der Waals surface area contributed by atoms with Gasteiger partial charge in [-0.25, -0.2) is 13.8 Å². The second kappa shape index (κ2) is 9.68. The molecule has 0 unspecified atom stereocenters. The molecule has 0 aliphatic carbocycles. The molecule has 4 rings (SSSR count). The van der Waals surface area contributed by atoms with E-state index in [1.54, 1.807) is 24.3 Å². The van der Waals surface area contributed by atoms with Crippen molar-refractivity contribution in [2.75, 3.05) is 39.0 Å². The van der Waals surface area contributed by atoms with Crippen molar-refractivity contribution in [3.63, 3.8) is 0 Å². The van der Waals surface area contributed by atoms with Crippen molar-refractivity contribution in [3.8, 4) is 17.1 Å². The fraction of sp³-hybridized carbons (Fsp3) is 0.261. The van der Waals surface area contributed by atoms with E-state index in [0.29, 0.717) is 29.9 Å². The lowest BCUT2D eigenvalue weighted by molar-refractivity contribution is 0.0664. The van der Waals surface area contributed by atoms with Crippen molar-refractivity contribution in [2.45, 2.75) is 6.61 Å². The summed E-state index contributed by atoms with van der Waals surface area (Å²) in [5, 5.41) is -0.361. The summed E-state index contributed by atoms with van der Waals surface area (Å²) in [6, 6.07) is 8.79. The summed E-state index contributed by atoms with van der Waals surface area (Å²) in [7, 11) is 2.03. The van der Waals surface area contributed by atoms with Crippen molar-refractivity contribution < 1.29 is 18.3 Å². The van der Waals surface area contributed by atoms with Crippen LogP contribution < -0.4 is 10.5 Å². The summed E-state index contributed by atoms with van der Waals surface area (Å²) in [6.45, 7) is 2.66. The SMILES string of the molecule is CN1CCN(C(=O)c2ccc(-c3ncc(N)nc3OCc3c(F)ccc(F)c3Cl)cc2)CC1. The van der Waals surface area contributed by atoms with Gasteiger partial charge in [0, 0.05) is 42.9 Å². The fourth-order valence-corrected chi connectivity index (χ4v) is 3.70. The standard InChI is InChI=1S/C23H22ClF2N5O2/c1-30-8-10-31(11-9-30)23(32)15-4-2-14(3-5-15)21-22(29-19(27)12-28-21)33-13-16-17(25)6-7-18(26)20(16)24/h2-7,12H,8-11,13H2,1H3,(H2,27,29). The molecule has 3 aromatic rings. The van der Waals surface area contributed by atoms with Crippen molar-refractivity contribution in [1.29, 1.82) is 0 Å². The Balaban J connectivity index is 1.55. The first-order chi connectivity index (χ1) is 15.8. The molecule has 1 aliphatic rings. The first kappa shape index (κ1) is 22.9. The third-order valence-corrected chi connectivity index (χ3v) is 5.86. The van der Waals surface area contributed by atoms with E-state index in [-0.39, 0.29) is 34.8 Å². The molecule has 0 radical (unpaired) electrons. The molecule has 1 saturated heterocycles. The molecular formula is C23H22ClF2N5O2. The number of anilines is 1. The molecule has 0 saturated carbocycles. The summed E-state index contributed by atoms with van der Waals surface area (Å²) < 4.78 is 33.4. The smallest absolute Gasteiger partial charge is 0.253 e. The monoisotopic (exact) mass is 473 g/mol. The Hall–Kier alpha value is -3.30. The highest BCUT2D eigenvalue weighted by molar-refractivity contribution is 6.31. The zero-order valence-electron chi connectivity index (χ0n) is 17.9. The van der Waals surface area contributed by atoms with Crippen LogP contribution in [0.3, 0.4) is 0 Å². The fourth-order valence-electron chi connectivity index (χ4n) is 3.49. The molecule has 0 spiro atoms. The molecule has 2 aromatic carbocycles. The first-order valence-electron chi connectivity index (χ1n) is 10.3. The third kappa shape index (κ3) is 5.04. The Bertz CT molecular complexity index is 1170. The lowest BCUT2D eigenvalue weighted by Gasteiger charge is -2.32. The number of ether oxygens (including phenoxy) is 1. The average Bonchev–Trinajstić information content (AvgIpc) is 2.82. The van der Waals surface area contributed by atoms with Gasteiger partial charge in [-0.05, 0) is 31.3 Å². The average molecular weight is 474 g/mol. The molecule has 2 N–H and O–H groups in total. The Morgan fingerprint density at radius 3 is 2.45 bits per heavy atom. The number of nitrogens with zero attached hydrogens (tertiary/aromatic N) is 4. The van der Waals surface area contributed by atoms with E-state index in [1.807, 2.05) is 11.9 Å². The highest BCUT2D eigenvalue weighted by atomic mass is 35.5. The number of nitrogens with two attached hydrogens (primary N) is 1. The van der Waals surface area contributed by atoms with Crippen molar-refractivity contribution in [1.82, 2.24) is 19.8 Å². The number of aromatic nitrogens is 2. The molecule has 33 heavy (non-hydrogen) atoms. The lowest BCUT2D eigenvalue weighted by Crippen LogP contribution is -2.47. The number of rotatable bonds is 5. The highest BCUT2D eigenvalue weighted by Crippen LogP contribution is 2.30. The maximum Gasteiger partial charge on any atom is 0.253 e. The number of benzene rings is 2. The van der Waals surface area contributed by atoms with Crippen LogP contribution in [0.4, 0.5) is 14.6 Å². The molecule has 10 heteroatoms. The number of halogens is 3. The Morgan fingerprint density at radius 2 is 1.76 bits per heavy atom. The molecule has 0 bridgehead atoms. The minimum Gasteiger partial charge on any atom is -0.471 e. The van der Waals surface area contributed by atoms with E-state index in [4.69, 9.17) is 22.1 Å². The number of hydrogen-bond acceptors (Lipinski definition) is 6. The van der Waals surface area contributed by atoms with Gasteiger partial charge in [0.2, 0.25) is 5.88 Å². The van der Waals surface area contributed by atoms with Crippen LogP contribution >= 0.6 is 11.6 Å². The second-order valence-corrected chi connectivity index (χ2v) is 8.11. The molecule has 1 amide bonds. The van der Waals surface area contributed by atoms with Crippen LogP contribution in [0.5, 0.6) is 5.88 Å². The van der Waals surface area contributed by atoms with E-state index in [0.717, 1.165) is 25.2 Å². The van der Waals surface area contributed by atoms with Gasteiger partial charge < -0.3 is 20.3 Å². The maximum atomic E-state index is 14.1. The van der Waals surface area contributed by atoms with E-state index in [9.17, 15) is 13.6 Å². The third-order valence-electron chi connectivity index (χ3n) is 5.45. The summed E-state index contributed by atoms with van der Waals surface area (Å²) in [5.41, 5.74) is 7.13. The van der Waals surface area contributed by atoms with Crippen LogP contribution in [-0.2, 0) is 6.61 Å². The molecule has 7 nitrogen and oxygen atoms in total. The largest absolute Gasteiger partial charge is 0.471 e. The quantitative estimate of drug-likeness (QED) is 0.570. The summed E-state index contributed by atoms with van der Waals surface area (Å²) in [4.78, 5) is 25.2.